The molecule has 0 radical (unpaired) electrons. The van der Waals surface area contributed by atoms with Crippen molar-refractivity contribution >= 4 is 0 Å². The van der Waals surface area contributed by atoms with Crippen LogP contribution in [-0.4, -0.2) is 18.5 Å². The van der Waals surface area contributed by atoms with Crippen LogP contribution >= 0.6 is 0 Å². The lowest BCUT2D eigenvalue weighted by Crippen LogP contribution is -2.42. The minimum atomic E-state index is -6.17. The second kappa shape index (κ2) is 5.29. The Hall–Kier alpha value is -0.490. The second-order valence-corrected chi connectivity index (χ2v) is 2.13. The molecular formula is C6H9F7. The molecule has 82 valence electrons. The van der Waals surface area contributed by atoms with Gasteiger partial charge in [0, 0.05) is 0 Å². The van der Waals surface area contributed by atoms with Crippen LogP contribution in [0.25, 0.3) is 0 Å². The fourth-order valence-electron chi connectivity index (χ4n) is 0.124. The van der Waals surface area contributed by atoms with Crippen molar-refractivity contribution in [2.45, 2.75) is 38.8 Å². The number of rotatable bonds is 1. The van der Waals surface area contributed by atoms with Gasteiger partial charge in [-0.25, -0.2) is 8.78 Å². The van der Waals surface area contributed by atoms with Crippen molar-refractivity contribution in [3.05, 3.63) is 0 Å². The van der Waals surface area contributed by atoms with Gasteiger partial charge in [-0.1, -0.05) is 20.3 Å². The van der Waals surface area contributed by atoms with Crippen molar-refractivity contribution in [1.82, 2.24) is 0 Å². The Balaban J connectivity index is 0. The molecule has 0 aromatic carbocycles. The number of hydrogen-bond donors (Lipinski definition) is 0. The molecule has 0 heterocycles. The summed E-state index contributed by atoms with van der Waals surface area (Å²) in [5.74, 6) is -5.90. The van der Waals surface area contributed by atoms with Gasteiger partial charge < -0.3 is 0 Å². The Labute approximate surface area is 70.7 Å². The zero-order valence-corrected chi connectivity index (χ0v) is 6.93. The molecule has 0 fully saturated rings. The van der Waals surface area contributed by atoms with Crippen molar-refractivity contribution in [3.63, 3.8) is 0 Å². The van der Waals surface area contributed by atoms with Gasteiger partial charge in [0.05, 0.1) is 0 Å². The summed E-state index contributed by atoms with van der Waals surface area (Å²) in [7, 11) is 0. The first-order valence-electron chi connectivity index (χ1n) is 3.33. The van der Waals surface area contributed by atoms with Gasteiger partial charge in [0.25, 0.3) is 0 Å². The molecule has 0 aliphatic rings. The minimum absolute atomic E-state index is 1.25. The summed E-state index contributed by atoms with van der Waals surface area (Å²) in [5.41, 5.74) is 0. The highest BCUT2D eigenvalue weighted by molar-refractivity contribution is 4.77. The summed E-state index contributed by atoms with van der Waals surface area (Å²) >= 11 is 0. The third-order valence-electron chi connectivity index (χ3n) is 0.652. The zero-order valence-electron chi connectivity index (χ0n) is 6.93. The van der Waals surface area contributed by atoms with Crippen molar-refractivity contribution in [1.29, 1.82) is 0 Å². The summed E-state index contributed by atoms with van der Waals surface area (Å²) in [6.07, 6.45) is -9.62. The molecule has 0 aliphatic carbocycles. The van der Waals surface area contributed by atoms with E-state index in [0.29, 0.717) is 0 Å². The smallest absolute Gasteiger partial charge is 0.203 e. The molecule has 0 nitrogen and oxygen atoms in total. The molecule has 0 spiro atoms. The maximum Gasteiger partial charge on any atom is 0.459 e. The van der Waals surface area contributed by atoms with Gasteiger partial charge in [-0.3, -0.25) is 0 Å². The van der Waals surface area contributed by atoms with Gasteiger partial charge in [-0.2, -0.15) is 22.0 Å². The van der Waals surface area contributed by atoms with Gasteiger partial charge in [0.1, 0.15) is 0 Å². The van der Waals surface area contributed by atoms with E-state index in [4.69, 9.17) is 0 Å². The van der Waals surface area contributed by atoms with Gasteiger partial charge in [-0.15, -0.1) is 0 Å². The molecule has 0 atom stereocenters. The van der Waals surface area contributed by atoms with E-state index in [0.717, 1.165) is 0 Å². The zero-order chi connectivity index (χ0) is 11.3. The minimum Gasteiger partial charge on any atom is -0.203 e. The quantitative estimate of drug-likeness (QED) is 0.581. The van der Waals surface area contributed by atoms with E-state index in [9.17, 15) is 30.7 Å². The number of hydrogen-bond acceptors (Lipinski definition) is 0. The van der Waals surface area contributed by atoms with E-state index in [1.54, 1.807) is 0 Å². The molecular weight excluding hydrogens is 205 g/mol. The van der Waals surface area contributed by atoms with Crippen LogP contribution in [0, 0.1) is 0 Å². The second-order valence-electron chi connectivity index (χ2n) is 2.13. The van der Waals surface area contributed by atoms with Crippen molar-refractivity contribution in [2.75, 3.05) is 0 Å². The third kappa shape index (κ3) is 4.94. The Bertz CT molecular complexity index is 125. The molecule has 0 aromatic rings. The van der Waals surface area contributed by atoms with Crippen LogP contribution in [0.5, 0.6) is 0 Å². The Morgan fingerprint density at radius 2 is 1.15 bits per heavy atom. The molecule has 0 N–H and O–H groups in total. The number of alkyl halides is 7. The molecule has 0 amide bonds. The summed E-state index contributed by atoms with van der Waals surface area (Å²) in [6, 6.07) is 0. The lowest BCUT2D eigenvalue weighted by Gasteiger charge is -2.17. The standard InChI is InChI=1S/C3HF7.C3H8/c4-1(5)2(6,7)3(8,9)10;1-3-2/h1H;3H2,1-2H3. The first-order chi connectivity index (χ1) is 5.61. The van der Waals surface area contributed by atoms with E-state index in [2.05, 4.69) is 13.8 Å². The van der Waals surface area contributed by atoms with Crippen LogP contribution in [0.15, 0.2) is 0 Å². The number of halogens is 7. The van der Waals surface area contributed by atoms with Crippen LogP contribution in [-0.2, 0) is 0 Å². The molecule has 0 saturated heterocycles. The van der Waals surface area contributed by atoms with Crippen LogP contribution in [0.3, 0.4) is 0 Å². The normalized spacial score (nSPS) is 12.5. The predicted molar refractivity (Wildman–Crippen MR) is 33.0 cm³/mol. The Morgan fingerprint density at radius 1 is 0.923 bits per heavy atom. The summed E-state index contributed by atoms with van der Waals surface area (Å²) in [6.45, 7) is 4.25. The lowest BCUT2D eigenvalue weighted by atomic mass is 10.3. The summed E-state index contributed by atoms with van der Waals surface area (Å²) < 4.78 is 76.6. The first kappa shape index (κ1) is 15.0. The van der Waals surface area contributed by atoms with E-state index in [-0.39, 0.29) is 0 Å². The van der Waals surface area contributed by atoms with Gasteiger partial charge in [0.15, 0.2) is 0 Å². The van der Waals surface area contributed by atoms with Crippen molar-refractivity contribution in [2.24, 2.45) is 0 Å². The average Bonchev–Trinajstić information content (AvgIpc) is 1.86. The third-order valence-corrected chi connectivity index (χ3v) is 0.652. The predicted octanol–water partition coefficient (Wildman–Crippen LogP) is 3.87. The highest BCUT2D eigenvalue weighted by Gasteiger charge is 2.64. The lowest BCUT2D eigenvalue weighted by molar-refractivity contribution is -0.320. The molecule has 0 saturated carbocycles. The maximum atomic E-state index is 11.2. The van der Waals surface area contributed by atoms with E-state index >= 15 is 0 Å². The Kier molecular flexibility index (Phi) is 6.10. The van der Waals surface area contributed by atoms with Crippen LogP contribution in [0.1, 0.15) is 20.3 Å². The van der Waals surface area contributed by atoms with E-state index in [1.165, 1.54) is 6.42 Å². The molecule has 0 rings (SSSR count). The van der Waals surface area contributed by atoms with E-state index in [1.807, 2.05) is 0 Å². The molecule has 13 heavy (non-hydrogen) atoms. The highest BCUT2D eigenvalue weighted by Crippen LogP contribution is 2.39. The molecule has 0 aliphatic heterocycles. The van der Waals surface area contributed by atoms with Crippen molar-refractivity contribution < 1.29 is 30.7 Å². The summed E-state index contributed by atoms with van der Waals surface area (Å²) in [4.78, 5) is 0. The van der Waals surface area contributed by atoms with Gasteiger partial charge in [0.2, 0.25) is 0 Å². The molecule has 0 unspecified atom stereocenters. The first-order valence-corrected chi connectivity index (χ1v) is 3.33. The van der Waals surface area contributed by atoms with Gasteiger partial charge >= 0.3 is 18.5 Å². The van der Waals surface area contributed by atoms with Crippen LogP contribution < -0.4 is 0 Å². The topological polar surface area (TPSA) is 0 Å². The highest BCUT2D eigenvalue weighted by atomic mass is 19.4. The fraction of sp³-hybridized carbons (Fsp3) is 1.00. The van der Waals surface area contributed by atoms with Crippen molar-refractivity contribution in [3.8, 4) is 0 Å². The summed E-state index contributed by atoms with van der Waals surface area (Å²) in [5, 5.41) is 0. The largest absolute Gasteiger partial charge is 0.459 e. The van der Waals surface area contributed by atoms with E-state index < -0.39 is 18.5 Å². The maximum absolute atomic E-state index is 11.2. The van der Waals surface area contributed by atoms with Gasteiger partial charge in [-0.05, 0) is 0 Å². The van der Waals surface area contributed by atoms with Crippen LogP contribution in [0.2, 0.25) is 0 Å². The fourth-order valence-corrected chi connectivity index (χ4v) is 0.124. The molecule has 0 aromatic heterocycles. The Morgan fingerprint density at radius 3 is 1.15 bits per heavy atom. The SMILES string of the molecule is CCC.FC(F)C(F)(F)C(F)(F)F. The molecule has 7 heteroatoms. The average molecular weight is 214 g/mol. The monoisotopic (exact) mass is 214 g/mol. The molecule has 0 bridgehead atoms. The van der Waals surface area contributed by atoms with Crippen LogP contribution in [0.4, 0.5) is 30.7 Å².